The largest absolute Gasteiger partial charge is 0.480 e. The third kappa shape index (κ3) is 3.04. The summed E-state index contributed by atoms with van der Waals surface area (Å²) in [6.45, 7) is 0. The molecule has 8 heteroatoms. The summed E-state index contributed by atoms with van der Waals surface area (Å²) in [6, 6.07) is -1.15. The van der Waals surface area contributed by atoms with Crippen LogP contribution in [0.2, 0.25) is 0 Å². The molecule has 1 fully saturated rings. The number of hydrogen-bond acceptors (Lipinski definition) is 4. The van der Waals surface area contributed by atoms with Crippen LogP contribution in [0.25, 0.3) is 0 Å². The van der Waals surface area contributed by atoms with Crippen LogP contribution in [0.15, 0.2) is 12.5 Å². The average Bonchev–Trinajstić information content (AvgIpc) is 2.98. The van der Waals surface area contributed by atoms with Crippen molar-refractivity contribution in [1.82, 2.24) is 14.7 Å². The van der Waals surface area contributed by atoms with E-state index in [1.165, 1.54) is 12.5 Å². The lowest BCUT2D eigenvalue weighted by Crippen LogP contribution is -2.43. The molecule has 1 aliphatic rings. The summed E-state index contributed by atoms with van der Waals surface area (Å²) in [5.74, 6) is -1.19. The molecule has 1 atom stereocenters. The number of rotatable bonds is 6. The second-order valence-corrected chi connectivity index (χ2v) is 6.03. The number of nitrogens with one attached hydrogen (secondary N) is 2. The maximum absolute atomic E-state index is 11.6. The summed E-state index contributed by atoms with van der Waals surface area (Å²) >= 11 is 0. The summed E-state index contributed by atoms with van der Waals surface area (Å²) in [6.07, 6.45) is 4.16. The minimum absolute atomic E-state index is 0.0568. The fourth-order valence-electron chi connectivity index (χ4n) is 1.47. The number of aromatic nitrogens is 2. The Labute approximate surface area is 98.3 Å². The Bertz CT molecular complexity index is 492. The molecule has 1 heterocycles. The number of hydrogen-bond donors (Lipinski definition) is 3. The highest BCUT2D eigenvalue weighted by Crippen LogP contribution is 2.27. The van der Waals surface area contributed by atoms with Gasteiger partial charge >= 0.3 is 5.97 Å². The second kappa shape index (κ2) is 4.46. The number of H-pyrrole nitrogens is 1. The Morgan fingerprint density at radius 3 is 2.82 bits per heavy atom. The Hall–Kier alpha value is -1.41. The predicted molar refractivity (Wildman–Crippen MR) is 58.8 cm³/mol. The van der Waals surface area contributed by atoms with Gasteiger partial charge in [0, 0.05) is 18.3 Å². The maximum Gasteiger partial charge on any atom is 0.322 e. The topological polar surface area (TPSA) is 112 Å². The van der Waals surface area contributed by atoms with Crippen LogP contribution in [0, 0.1) is 0 Å². The summed E-state index contributed by atoms with van der Waals surface area (Å²) < 4.78 is 25.5. The first kappa shape index (κ1) is 12.1. The number of sulfonamides is 1. The van der Waals surface area contributed by atoms with Gasteiger partial charge < -0.3 is 10.1 Å². The van der Waals surface area contributed by atoms with Gasteiger partial charge in [0.2, 0.25) is 10.0 Å². The first-order valence-electron chi connectivity index (χ1n) is 5.20. The molecule has 1 aliphatic carbocycles. The smallest absolute Gasteiger partial charge is 0.322 e. The van der Waals surface area contributed by atoms with Crippen LogP contribution in [0.1, 0.15) is 18.5 Å². The molecule has 17 heavy (non-hydrogen) atoms. The van der Waals surface area contributed by atoms with Gasteiger partial charge in [-0.15, -0.1) is 0 Å². The van der Waals surface area contributed by atoms with Gasteiger partial charge in [0.15, 0.2) is 0 Å². The molecule has 1 aromatic heterocycles. The molecule has 1 aromatic rings. The molecule has 1 saturated carbocycles. The highest BCUT2D eigenvalue weighted by molar-refractivity contribution is 7.90. The van der Waals surface area contributed by atoms with Crippen molar-refractivity contribution < 1.29 is 18.3 Å². The minimum Gasteiger partial charge on any atom is -0.480 e. The van der Waals surface area contributed by atoms with Crippen molar-refractivity contribution in [2.45, 2.75) is 30.6 Å². The second-order valence-electron chi connectivity index (χ2n) is 4.03. The Kier molecular flexibility index (Phi) is 3.16. The van der Waals surface area contributed by atoms with Crippen molar-refractivity contribution in [3.8, 4) is 0 Å². The van der Waals surface area contributed by atoms with Gasteiger partial charge in [-0.2, -0.15) is 0 Å². The standard InChI is InChI=1S/C9H13N3O4S/c13-9(14)8(3-6-4-10-5-11-6)12-17(15,16)7-1-2-7/h4-5,7-8,12H,1-3H2,(H,10,11)(H,13,14)/t8-/m1/s1. The SMILES string of the molecule is O=C(O)[C@@H](Cc1cnc[nH]1)NS(=O)(=O)C1CC1. The lowest BCUT2D eigenvalue weighted by Gasteiger charge is -2.13. The van der Waals surface area contributed by atoms with Gasteiger partial charge in [0.25, 0.3) is 0 Å². The minimum atomic E-state index is -3.50. The van der Waals surface area contributed by atoms with Crippen LogP contribution >= 0.6 is 0 Å². The van der Waals surface area contributed by atoms with Gasteiger partial charge in [0.05, 0.1) is 11.6 Å². The number of carboxylic acid groups (broad SMARTS) is 1. The number of aliphatic carboxylic acids is 1. The molecule has 0 bridgehead atoms. The van der Waals surface area contributed by atoms with E-state index < -0.39 is 27.3 Å². The maximum atomic E-state index is 11.6. The highest BCUT2D eigenvalue weighted by atomic mass is 32.2. The molecule has 0 saturated heterocycles. The van der Waals surface area contributed by atoms with Gasteiger partial charge in [-0.1, -0.05) is 0 Å². The van der Waals surface area contributed by atoms with Crippen molar-refractivity contribution in [3.05, 3.63) is 18.2 Å². The zero-order valence-corrected chi connectivity index (χ0v) is 9.77. The fraction of sp³-hybridized carbons (Fsp3) is 0.556. The van der Waals surface area contributed by atoms with E-state index in [-0.39, 0.29) is 6.42 Å². The van der Waals surface area contributed by atoms with Gasteiger partial charge in [-0.25, -0.2) is 18.1 Å². The summed E-state index contributed by atoms with van der Waals surface area (Å²) in [4.78, 5) is 17.5. The molecular weight excluding hydrogens is 246 g/mol. The van der Waals surface area contributed by atoms with Crippen LogP contribution in [-0.4, -0.2) is 40.8 Å². The number of carbonyl (C=O) groups is 1. The molecule has 0 radical (unpaired) electrons. The Morgan fingerprint density at radius 2 is 2.35 bits per heavy atom. The van der Waals surface area contributed by atoms with Crippen LogP contribution in [0.5, 0.6) is 0 Å². The number of nitrogens with zero attached hydrogens (tertiary/aromatic N) is 1. The molecule has 7 nitrogen and oxygen atoms in total. The van der Waals surface area contributed by atoms with E-state index in [9.17, 15) is 13.2 Å². The van der Waals surface area contributed by atoms with Crippen molar-refractivity contribution in [2.75, 3.05) is 0 Å². The zero-order chi connectivity index (χ0) is 12.5. The van der Waals surface area contributed by atoms with E-state index in [0.29, 0.717) is 18.5 Å². The summed E-state index contributed by atoms with van der Waals surface area (Å²) in [7, 11) is -3.50. The van der Waals surface area contributed by atoms with Crippen molar-refractivity contribution in [2.24, 2.45) is 0 Å². The Morgan fingerprint density at radius 1 is 1.65 bits per heavy atom. The van der Waals surface area contributed by atoms with Crippen LogP contribution < -0.4 is 4.72 Å². The van der Waals surface area contributed by atoms with E-state index in [1.807, 2.05) is 0 Å². The lowest BCUT2D eigenvalue weighted by molar-refractivity contribution is -0.138. The first-order valence-corrected chi connectivity index (χ1v) is 6.75. The number of carboxylic acids is 1. The molecule has 2 rings (SSSR count). The van der Waals surface area contributed by atoms with E-state index in [0.717, 1.165) is 0 Å². The van der Waals surface area contributed by atoms with E-state index >= 15 is 0 Å². The number of imidazole rings is 1. The molecule has 0 aromatic carbocycles. The van der Waals surface area contributed by atoms with E-state index in [1.54, 1.807) is 0 Å². The molecule has 0 aliphatic heterocycles. The average molecular weight is 259 g/mol. The van der Waals surface area contributed by atoms with Crippen LogP contribution in [0.4, 0.5) is 0 Å². The highest BCUT2D eigenvalue weighted by Gasteiger charge is 2.38. The fourth-order valence-corrected chi connectivity index (χ4v) is 3.00. The summed E-state index contributed by atoms with van der Waals surface area (Å²) in [5.41, 5.74) is 0.580. The molecule has 94 valence electrons. The van der Waals surface area contributed by atoms with E-state index in [4.69, 9.17) is 5.11 Å². The number of aromatic amines is 1. The quantitative estimate of drug-likeness (QED) is 0.636. The third-order valence-electron chi connectivity index (χ3n) is 2.55. The molecule has 0 amide bonds. The molecule has 0 spiro atoms. The van der Waals surface area contributed by atoms with E-state index in [2.05, 4.69) is 14.7 Å². The molecule has 3 N–H and O–H groups in total. The van der Waals surface area contributed by atoms with Crippen molar-refractivity contribution >= 4 is 16.0 Å². The van der Waals surface area contributed by atoms with Gasteiger partial charge in [-0.3, -0.25) is 4.79 Å². The van der Waals surface area contributed by atoms with Gasteiger partial charge in [-0.05, 0) is 12.8 Å². The lowest BCUT2D eigenvalue weighted by atomic mass is 10.2. The predicted octanol–water partition coefficient (Wildman–Crippen LogP) is -0.513. The summed E-state index contributed by atoms with van der Waals surface area (Å²) in [5, 5.41) is 8.55. The zero-order valence-electron chi connectivity index (χ0n) is 8.96. The molecule has 0 unspecified atom stereocenters. The molecular formula is C9H13N3O4S. The van der Waals surface area contributed by atoms with Crippen LogP contribution in [0.3, 0.4) is 0 Å². The monoisotopic (exact) mass is 259 g/mol. The van der Waals surface area contributed by atoms with Gasteiger partial charge in [0.1, 0.15) is 6.04 Å². The van der Waals surface area contributed by atoms with Crippen molar-refractivity contribution in [3.63, 3.8) is 0 Å². The third-order valence-corrected chi connectivity index (χ3v) is 4.51. The van der Waals surface area contributed by atoms with Crippen molar-refractivity contribution in [1.29, 1.82) is 0 Å². The van der Waals surface area contributed by atoms with Crippen LogP contribution in [-0.2, 0) is 21.2 Å². The normalized spacial score (nSPS) is 17.9. The Balaban J connectivity index is 2.05. The first-order chi connectivity index (χ1) is 7.99.